The number of aryl methyl sites for hydroxylation is 1. The van der Waals surface area contributed by atoms with Crippen molar-refractivity contribution in [1.82, 2.24) is 15.1 Å². The first-order valence-corrected chi connectivity index (χ1v) is 7.42. The molecule has 2 rings (SSSR count). The summed E-state index contributed by atoms with van der Waals surface area (Å²) in [5.41, 5.74) is 1.09. The van der Waals surface area contributed by atoms with Gasteiger partial charge in [-0.3, -0.25) is 4.68 Å². The minimum atomic E-state index is -0.0835. The summed E-state index contributed by atoms with van der Waals surface area (Å²) >= 11 is 3.60. The molecule has 102 valence electrons. The van der Waals surface area contributed by atoms with Gasteiger partial charge in [0.15, 0.2) is 0 Å². The molecule has 0 amide bonds. The molecule has 1 aromatic rings. The molecule has 0 aromatic carbocycles. The Morgan fingerprint density at radius 3 is 2.67 bits per heavy atom. The number of aromatic nitrogens is 2. The molecule has 4 nitrogen and oxygen atoms in total. The highest BCUT2D eigenvalue weighted by molar-refractivity contribution is 9.10. The van der Waals surface area contributed by atoms with Crippen LogP contribution in [0.3, 0.4) is 0 Å². The Hall–Kier alpha value is -0.390. The molecule has 1 aliphatic carbocycles. The maximum absolute atomic E-state index is 6.15. The fourth-order valence-corrected chi connectivity index (χ4v) is 3.75. The Kier molecular flexibility index (Phi) is 4.45. The van der Waals surface area contributed by atoms with E-state index < -0.39 is 0 Å². The summed E-state index contributed by atoms with van der Waals surface area (Å²) in [6.07, 6.45) is 6.57. The average molecular weight is 316 g/mol. The van der Waals surface area contributed by atoms with E-state index in [1.165, 1.54) is 18.5 Å². The Morgan fingerprint density at radius 2 is 2.22 bits per heavy atom. The molecule has 1 heterocycles. The van der Waals surface area contributed by atoms with Gasteiger partial charge in [-0.2, -0.15) is 5.10 Å². The predicted molar refractivity (Wildman–Crippen MR) is 75.5 cm³/mol. The zero-order valence-corrected chi connectivity index (χ0v) is 13.0. The highest BCUT2D eigenvalue weighted by Crippen LogP contribution is 2.44. The Labute approximate surface area is 117 Å². The highest BCUT2D eigenvalue weighted by atomic mass is 79.9. The van der Waals surface area contributed by atoms with Crippen LogP contribution in [0.1, 0.15) is 44.3 Å². The van der Waals surface area contributed by atoms with Crippen LogP contribution in [-0.4, -0.2) is 29.0 Å². The van der Waals surface area contributed by atoms with Crippen molar-refractivity contribution in [1.29, 1.82) is 0 Å². The number of hydrogen-bond acceptors (Lipinski definition) is 3. The van der Waals surface area contributed by atoms with Crippen LogP contribution in [0.25, 0.3) is 0 Å². The molecular weight excluding hydrogens is 294 g/mol. The van der Waals surface area contributed by atoms with Crippen molar-refractivity contribution in [3.05, 3.63) is 16.4 Å². The van der Waals surface area contributed by atoms with Crippen LogP contribution < -0.4 is 5.32 Å². The average Bonchev–Trinajstić information content (AvgIpc) is 2.93. The number of nitrogens with zero attached hydrogens (tertiary/aromatic N) is 2. The van der Waals surface area contributed by atoms with Crippen molar-refractivity contribution in [3.63, 3.8) is 0 Å². The number of nitrogens with one attached hydrogen (secondary N) is 1. The lowest BCUT2D eigenvalue weighted by atomic mass is 9.89. The first kappa shape index (κ1) is 14.0. The topological polar surface area (TPSA) is 39.1 Å². The molecule has 0 spiro atoms. The second-order valence-corrected chi connectivity index (χ2v) is 5.78. The third-order valence-corrected chi connectivity index (χ3v) is 4.52. The standard InChI is InChI=1S/C13H22BrN3O/c1-4-18-13(7-5-6-8-13)12(15-2)11-10(14)9-16-17(11)3/h9,12,15H,4-8H2,1-3H3. The fraction of sp³-hybridized carbons (Fsp3) is 0.769. The van der Waals surface area contributed by atoms with Gasteiger partial charge in [0.2, 0.25) is 0 Å². The van der Waals surface area contributed by atoms with Gasteiger partial charge in [-0.05, 0) is 42.7 Å². The van der Waals surface area contributed by atoms with E-state index >= 15 is 0 Å². The second kappa shape index (κ2) is 5.72. The number of hydrogen-bond donors (Lipinski definition) is 1. The van der Waals surface area contributed by atoms with Crippen LogP contribution in [-0.2, 0) is 11.8 Å². The van der Waals surface area contributed by atoms with Crippen molar-refractivity contribution >= 4 is 15.9 Å². The van der Waals surface area contributed by atoms with E-state index in [1.807, 2.05) is 25.0 Å². The Bertz CT molecular complexity index is 379. The van der Waals surface area contributed by atoms with Crippen LogP contribution in [0.5, 0.6) is 0 Å². The van der Waals surface area contributed by atoms with Gasteiger partial charge in [0.25, 0.3) is 0 Å². The molecule has 5 heteroatoms. The molecule has 0 radical (unpaired) electrons. The van der Waals surface area contributed by atoms with Gasteiger partial charge in [-0.1, -0.05) is 12.8 Å². The van der Waals surface area contributed by atoms with E-state index in [0.29, 0.717) is 0 Å². The maximum atomic E-state index is 6.15. The Morgan fingerprint density at radius 1 is 1.56 bits per heavy atom. The van der Waals surface area contributed by atoms with Crippen LogP contribution >= 0.6 is 15.9 Å². The lowest BCUT2D eigenvalue weighted by molar-refractivity contribution is -0.0628. The molecule has 1 fully saturated rings. The number of ether oxygens (including phenoxy) is 1. The molecule has 0 bridgehead atoms. The van der Waals surface area contributed by atoms with Gasteiger partial charge in [0.1, 0.15) is 0 Å². The smallest absolute Gasteiger partial charge is 0.0891 e. The van der Waals surface area contributed by atoms with Crippen LogP contribution in [0.2, 0.25) is 0 Å². The summed E-state index contributed by atoms with van der Waals surface area (Å²) in [7, 11) is 3.99. The normalized spacial score (nSPS) is 20.2. The number of halogens is 1. The van der Waals surface area contributed by atoms with Crippen molar-refractivity contribution in [3.8, 4) is 0 Å². The summed E-state index contributed by atoms with van der Waals surface area (Å²) in [4.78, 5) is 0. The molecule has 0 saturated heterocycles. The van der Waals surface area contributed by atoms with Crippen molar-refractivity contribution in [2.24, 2.45) is 7.05 Å². The predicted octanol–water partition coefficient (Wildman–Crippen LogP) is 2.79. The van der Waals surface area contributed by atoms with E-state index in [-0.39, 0.29) is 11.6 Å². The largest absolute Gasteiger partial charge is 0.373 e. The number of rotatable bonds is 5. The van der Waals surface area contributed by atoms with E-state index in [1.54, 1.807) is 0 Å². The van der Waals surface area contributed by atoms with E-state index in [4.69, 9.17) is 4.74 Å². The molecule has 1 N–H and O–H groups in total. The highest BCUT2D eigenvalue weighted by Gasteiger charge is 2.44. The minimum Gasteiger partial charge on any atom is -0.373 e. The lowest BCUT2D eigenvalue weighted by Crippen LogP contribution is -2.44. The molecule has 1 atom stereocenters. The SMILES string of the molecule is CCOC1(C(NC)c2c(Br)cnn2C)CCCC1. The van der Waals surface area contributed by atoms with E-state index in [9.17, 15) is 0 Å². The van der Waals surface area contributed by atoms with Gasteiger partial charge < -0.3 is 10.1 Å². The fourth-order valence-electron chi connectivity index (χ4n) is 3.17. The van der Waals surface area contributed by atoms with Crippen LogP contribution in [0.15, 0.2) is 10.7 Å². The van der Waals surface area contributed by atoms with E-state index in [0.717, 1.165) is 23.9 Å². The third kappa shape index (κ3) is 2.36. The molecule has 1 saturated carbocycles. The molecule has 1 unspecified atom stereocenters. The zero-order chi connectivity index (χ0) is 13.2. The summed E-state index contributed by atoms with van der Waals surface area (Å²) in [5.74, 6) is 0. The zero-order valence-electron chi connectivity index (χ0n) is 11.4. The van der Waals surface area contributed by atoms with E-state index in [2.05, 4.69) is 33.3 Å². The maximum Gasteiger partial charge on any atom is 0.0891 e. The van der Waals surface area contributed by atoms with Crippen molar-refractivity contribution < 1.29 is 4.74 Å². The van der Waals surface area contributed by atoms with Gasteiger partial charge >= 0.3 is 0 Å². The van der Waals surface area contributed by atoms with Gasteiger partial charge in [0, 0.05) is 13.7 Å². The molecular formula is C13H22BrN3O. The van der Waals surface area contributed by atoms with Crippen LogP contribution in [0, 0.1) is 0 Å². The summed E-state index contributed by atoms with van der Waals surface area (Å²) < 4.78 is 9.14. The minimum absolute atomic E-state index is 0.0835. The van der Waals surface area contributed by atoms with Crippen molar-refractivity contribution in [2.45, 2.75) is 44.2 Å². The van der Waals surface area contributed by atoms with Crippen LogP contribution in [0.4, 0.5) is 0 Å². The monoisotopic (exact) mass is 315 g/mol. The van der Waals surface area contributed by atoms with Gasteiger partial charge in [0.05, 0.1) is 28.0 Å². The summed E-state index contributed by atoms with van der Waals surface area (Å²) in [6.45, 7) is 2.83. The molecule has 18 heavy (non-hydrogen) atoms. The Balaban J connectivity index is 2.37. The quantitative estimate of drug-likeness (QED) is 0.908. The third-order valence-electron chi connectivity index (χ3n) is 3.91. The molecule has 1 aromatic heterocycles. The lowest BCUT2D eigenvalue weighted by Gasteiger charge is -2.37. The first-order chi connectivity index (χ1) is 8.64. The van der Waals surface area contributed by atoms with Gasteiger partial charge in [-0.15, -0.1) is 0 Å². The first-order valence-electron chi connectivity index (χ1n) is 6.63. The van der Waals surface area contributed by atoms with Crippen molar-refractivity contribution in [2.75, 3.05) is 13.7 Å². The summed E-state index contributed by atoms with van der Waals surface area (Å²) in [5, 5.41) is 7.76. The molecule has 0 aliphatic heterocycles. The summed E-state index contributed by atoms with van der Waals surface area (Å²) in [6, 6.07) is 0.182. The number of likely N-dealkylation sites (N-methyl/N-ethyl adjacent to an activating group) is 1. The second-order valence-electron chi connectivity index (χ2n) is 4.93. The molecule has 1 aliphatic rings. The van der Waals surface area contributed by atoms with Gasteiger partial charge in [-0.25, -0.2) is 0 Å².